The van der Waals surface area contributed by atoms with E-state index >= 15 is 0 Å². The maximum atomic E-state index is 11.5. The number of aromatic hydroxyl groups is 2. The molecule has 4 nitrogen and oxygen atoms in total. The molecule has 0 aliphatic rings. The minimum Gasteiger partial charge on any atom is -0.508 e. The van der Waals surface area contributed by atoms with Gasteiger partial charge in [0.1, 0.15) is 17.1 Å². The molecule has 0 amide bonds. The van der Waals surface area contributed by atoms with E-state index < -0.39 is 5.97 Å². The van der Waals surface area contributed by atoms with E-state index in [-0.39, 0.29) is 23.7 Å². The number of benzene rings is 1. The Labute approximate surface area is 88.1 Å². The molecular formula is C11H14O4. The molecule has 0 atom stereocenters. The number of carbonyl (C=O) groups excluding carboxylic acids is 1. The standard InChI is InChI=1S/C11H14O4/c1-4-15-11(14)10-7(3)6(2)8(12)5-9(10)13/h5,12-13H,4H2,1-3H3. The Bertz CT molecular complexity index is 396. The van der Waals surface area contributed by atoms with E-state index in [1.807, 2.05) is 0 Å². The summed E-state index contributed by atoms with van der Waals surface area (Å²) in [6.45, 7) is 5.27. The SMILES string of the molecule is CCOC(=O)c1c(O)cc(O)c(C)c1C. The van der Waals surface area contributed by atoms with Crippen LogP contribution in [0.15, 0.2) is 6.07 Å². The second kappa shape index (κ2) is 4.21. The quantitative estimate of drug-likeness (QED) is 0.731. The van der Waals surface area contributed by atoms with E-state index in [0.29, 0.717) is 11.1 Å². The van der Waals surface area contributed by atoms with Crippen molar-refractivity contribution < 1.29 is 19.7 Å². The molecular weight excluding hydrogens is 196 g/mol. The largest absolute Gasteiger partial charge is 0.508 e. The first kappa shape index (κ1) is 11.4. The fourth-order valence-electron chi connectivity index (χ4n) is 1.34. The number of phenolic OH excluding ortho intramolecular Hbond substituents is 2. The summed E-state index contributed by atoms with van der Waals surface area (Å²) < 4.78 is 4.80. The molecule has 15 heavy (non-hydrogen) atoms. The highest BCUT2D eigenvalue weighted by atomic mass is 16.5. The normalized spacial score (nSPS) is 10.1. The van der Waals surface area contributed by atoms with E-state index in [9.17, 15) is 15.0 Å². The van der Waals surface area contributed by atoms with Gasteiger partial charge in [-0.2, -0.15) is 0 Å². The van der Waals surface area contributed by atoms with Crippen LogP contribution < -0.4 is 0 Å². The lowest BCUT2D eigenvalue weighted by Gasteiger charge is -2.11. The summed E-state index contributed by atoms with van der Waals surface area (Å²) in [4.78, 5) is 11.5. The van der Waals surface area contributed by atoms with Crippen LogP contribution in [-0.4, -0.2) is 22.8 Å². The van der Waals surface area contributed by atoms with Crippen LogP contribution in [0.5, 0.6) is 11.5 Å². The molecule has 1 aromatic carbocycles. The van der Waals surface area contributed by atoms with E-state index in [1.165, 1.54) is 0 Å². The van der Waals surface area contributed by atoms with Crippen LogP contribution in [0, 0.1) is 13.8 Å². The summed E-state index contributed by atoms with van der Waals surface area (Å²) in [5.74, 6) is -0.859. The van der Waals surface area contributed by atoms with Crippen molar-refractivity contribution in [3.05, 3.63) is 22.8 Å². The van der Waals surface area contributed by atoms with Gasteiger partial charge in [0, 0.05) is 6.07 Å². The van der Waals surface area contributed by atoms with Gasteiger partial charge in [0.05, 0.1) is 6.61 Å². The van der Waals surface area contributed by atoms with Gasteiger partial charge >= 0.3 is 5.97 Å². The minimum absolute atomic E-state index is 0.0296. The predicted octanol–water partition coefficient (Wildman–Crippen LogP) is 1.89. The number of hydrogen-bond donors (Lipinski definition) is 2. The molecule has 0 fully saturated rings. The third-order valence-electron chi connectivity index (χ3n) is 2.33. The van der Waals surface area contributed by atoms with Gasteiger partial charge in [-0.1, -0.05) is 0 Å². The predicted molar refractivity (Wildman–Crippen MR) is 55.2 cm³/mol. The van der Waals surface area contributed by atoms with Crippen molar-refractivity contribution in [3.63, 3.8) is 0 Å². The first-order chi connectivity index (χ1) is 6.99. The van der Waals surface area contributed by atoms with Crippen LogP contribution in [0.2, 0.25) is 0 Å². The van der Waals surface area contributed by atoms with Crippen LogP contribution in [0.4, 0.5) is 0 Å². The molecule has 2 N–H and O–H groups in total. The molecule has 0 aromatic heterocycles. The van der Waals surface area contributed by atoms with E-state index in [1.54, 1.807) is 20.8 Å². The van der Waals surface area contributed by atoms with Gasteiger partial charge < -0.3 is 14.9 Å². The molecule has 4 heteroatoms. The van der Waals surface area contributed by atoms with Crippen LogP contribution in [0.1, 0.15) is 28.4 Å². The van der Waals surface area contributed by atoms with Gasteiger partial charge in [-0.25, -0.2) is 4.79 Å². The fourth-order valence-corrected chi connectivity index (χ4v) is 1.34. The summed E-state index contributed by atoms with van der Waals surface area (Å²) in [7, 11) is 0. The van der Waals surface area contributed by atoms with E-state index in [2.05, 4.69) is 0 Å². The third-order valence-corrected chi connectivity index (χ3v) is 2.33. The van der Waals surface area contributed by atoms with Crippen molar-refractivity contribution in [3.8, 4) is 11.5 Å². The number of esters is 1. The lowest BCUT2D eigenvalue weighted by atomic mass is 10.0. The van der Waals surface area contributed by atoms with E-state index in [4.69, 9.17) is 4.74 Å². The first-order valence-corrected chi connectivity index (χ1v) is 4.68. The highest BCUT2D eigenvalue weighted by molar-refractivity contribution is 5.94. The van der Waals surface area contributed by atoms with Crippen molar-refractivity contribution >= 4 is 5.97 Å². The maximum Gasteiger partial charge on any atom is 0.342 e. The topological polar surface area (TPSA) is 66.8 Å². The van der Waals surface area contributed by atoms with Gasteiger partial charge in [0.2, 0.25) is 0 Å². The van der Waals surface area contributed by atoms with Crippen molar-refractivity contribution in [1.29, 1.82) is 0 Å². The van der Waals surface area contributed by atoms with Gasteiger partial charge in [-0.3, -0.25) is 0 Å². The Morgan fingerprint density at radius 1 is 1.27 bits per heavy atom. The van der Waals surface area contributed by atoms with Crippen molar-refractivity contribution in [2.45, 2.75) is 20.8 Å². The van der Waals surface area contributed by atoms with Crippen molar-refractivity contribution in [1.82, 2.24) is 0 Å². The monoisotopic (exact) mass is 210 g/mol. The zero-order chi connectivity index (χ0) is 11.6. The smallest absolute Gasteiger partial charge is 0.342 e. The van der Waals surface area contributed by atoms with Crippen LogP contribution in [0.3, 0.4) is 0 Å². The summed E-state index contributed by atoms with van der Waals surface area (Å²) in [6.07, 6.45) is 0. The Morgan fingerprint density at radius 3 is 2.40 bits per heavy atom. The lowest BCUT2D eigenvalue weighted by molar-refractivity contribution is 0.0522. The third kappa shape index (κ3) is 2.03. The van der Waals surface area contributed by atoms with E-state index in [0.717, 1.165) is 6.07 Å². The van der Waals surface area contributed by atoms with Gasteiger partial charge in [0.15, 0.2) is 0 Å². The minimum atomic E-state index is -0.574. The molecule has 82 valence electrons. The highest BCUT2D eigenvalue weighted by Gasteiger charge is 2.19. The average molecular weight is 210 g/mol. The molecule has 0 unspecified atom stereocenters. The zero-order valence-corrected chi connectivity index (χ0v) is 9.00. The van der Waals surface area contributed by atoms with Crippen molar-refractivity contribution in [2.24, 2.45) is 0 Å². The molecule has 0 radical (unpaired) electrons. The number of carbonyl (C=O) groups is 1. The lowest BCUT2D eigenvalue weighted by Crippen LogP contribution is -2.08. The molecule has 1 aromatic rings. The molecule has 0 saturated carbocycles. The highest BCUT2D eigenvalue weighted by Crippen LogP contribution is 2.31. The van der Waals surface area contributed by atoms with Gasteiger partial charge in [-0.15, -0.1) is 0 Å². The summed E-state index contributed by atoms with van der Waals surface area (Å²) in [5, 5.41) is 18.9. The Balaban J connectivity index is 3.29. The number of rotatable bonds is 2. The van der Waals surface area contributed by atoms with Crippen LogP contribution in [0.25, 0.3) is 0 Å². The second-order valence-corrected chi connectivity index (χ2v) is 3.26. The number of hydrogen-bond acceptors (Lipinski definition) is 4. The first-order valence-electron chi connectivity index (χ1n) is 4.68. The molecule has 0 spiro atoms. The molecule has 0 aliphatic carbocycles. The average Bonchev–Trinajstić information content (AvgIpc) is 2.15. The van der Waals surface area contributed by atoms with Gasteiger partial charge in [-0.05, 0) is 31.9 Å². The molecule has 1 rings (SSSR count). The Kier molecular flexibility index (Phi) is 3.19. The van der Waals surface area contributed by atoms with Crippen molar-refractivity contribution in [2.75, 3.05) is 6.61 Å². The number of phenols is 2. The molecule has 0 aliphatic heterocycles. The summed E-state index contributed by atoms with van der Waals surface area (Å²) in [6, 6.07) is 1.15. The summed E-state index contributed by atoms with van der Waals surface area (Å²) in [5.41, 5.74) is 1.22. The summed E-state index contributed by atoms with van der Waals surface area (Å²) >= 11 is 0. The molecule has 0 saturated heterocycles. The number of ether oxygens (including phenoxy) is 1. The maximum absolute atomic E-state index is 11.5. The second-order valence-electron chi connectivity index (χ2n) is 3.26. The zero-order valence-electron chi connectivity index (χ0n) is 9.00. The van der Waals surface area contributed by atoms with Crippen LogP contribution >= 0.6 is 0 Å². The van der Waals surface area contributed by atoms with Crippen LogP contribution in [-0.2, 0) is 4.74 Å². The fraction of sp³-hybridized carbons (Fsp3) is 0.364. The molecule has 0 heterocycles. The molecule has 0 bridgehead atoms. The Hall–Kier alpha value is -1.71. The Morgan fingerprint density at radius 2 is 1.87 bits per heavy atom. The van der Waals surface area contributed by atoms with Gasteiger partial charge in [0.25, 0.3) is 0 Å².